The van der Waals surface area contributed by atoms with Crippen molar-refractivity contribution in [2.45, 2.75) is 102 Å². The van der Waals surface area contributed by atoms with Crippen molar-refractivity contribution < 1.29 is 48.6 Å². The minimum absolute atomic E-state index is 0.0663. The van der Waals surface area contributed by atoms with Gasteiger partial charge in [0.05, 0.1) is 0 Å². The molecule has 0 unspecified atom stereocenters. The van der Waals surface area contributed by atoms with Crippen molar-refractivity contribution in [2.75, 3.05) is 26.2 Å². The van der Waals surface area contributed by atoms with Crippen LogP contribution in [0.25, 0.3) is 22.3 Å². The number of rotatable bonds is 30. The maximum Gasteiger partial charge on any atom is 0.303 e. The highest BCUT2D eigenvalue weighted by molar-refractivity contribution is 5.93. The lowest BCUT2D eigenvalue weighted by Gasteiger charge is -2.23. The molecule has 4 atom stereocenters. The quantitative estimate of drug-likeness (QED) is 0.0202. The molecular formula is C54H72N12O10. The highest BCUT2D eigenvalue weighted by Gasteiger charge is 2.28. The first-order chi connectivity index (χ1) is 36.3. The van der Waals surface area contributed by atoms with Gasteiger partial charge in [0.15, 0.2) is 11.9 Å². The van der Waals surface area contributed by atoms with Crippen LogP contribution in [0.3, 0.4) is 0 Å². The molecule has 76 heavy (non-hydrogen) atoms. The predicted octanol–water partition coefficient (Wildman–Crippen LogP) is 1.84. The molecule has 0 radical (unpaired) electrons. The third-order valence-electron chi connectivity index (χ3n) is 11.3. The van der Waals surface area contributed by atoms with Crippen LogP contribution >= 0.6 is 0 Å². The van der Waals surface area contributed by atoms with Crippen molar-refractivity contribution >= 4 is 59.3 Å². The van der Waals surface area contributed by atoms with Crippen LogP contribution < -0.4 is 54.8 Å². The summed E-state index contributed by atoms with van der Waals surface area (Å²) in [6.45, 7) is 3.48. The summed E-state index contributed by atoms with van der Waals surface area (Å²) in [5.74, 6) is -4.75. The first kappa shape index (κ1) is 61.5. The van der Waals surface area contributed by atoms with E-state index in [1.165, 1.54) is 13.8 Å². The Kier molecular flexibility index (Phi) is 27.4. The number of aliphatic imine (C=N–C) groups is 2. The summed E-state index contributed by atoms with van der Waals surface area (Å²) in [5.41, 5.74) is 27.1. The van der Waals surface area contributed by atoms with Gasteiger partial charge in [-0.05, 0) is 71.9 Å². The predicted molar refractivity (Wildman–Crippen MR) is 290 cm³/mol. The summed E-state index contributed by atoms with van der Waals surface area (Å²) in [6, 6.07) is 31.3. The third kappa shape index (κ3) is 25.2. The van der Waals surface area contributed by atoms with Crippen molar-refractivity contribution in [2.24, 2.45) is 32.9 Å². The average Bonchev–Trinajstić information content (AvgIpc) is 3.38. The van der Waals surface area contributed by atoms with E-state index >= 15 is 0 Å². The topological polar surface area (TPSA) is 378 Å². The van der Waals surface area contributed by atoms with Gasteiger partial charge in [0.2, 0.25) is 35.4 Å². The number of carbonyl (C=O) groups is 8. The molecule has 0 aliphatic heterocycles. The summed E-state index contributed by atoms with van der Waals surface area (Å²) in [4.78, 5) is 105. The zero-order chi connectivity index (χ0) is 55.8. The van der Waals surface area contributed by atoms with E-state index in [2.05, 4.69) is 41.9 Å². The lowest BCUT2D eigenvalue weighted by atomic mass is 10.00. The normalized spacial score (nSPS) is 12.0. The molecule has 22 nitrogen and oxygen atoms in total. The lowest BCUT2D eigenvalue weighted by Crippen LogP contribution is -2.54. The van der Waals surface area contributed by atoms with Gasteiger partial charge in [0.25, 0.3) is 0 Å². The Morgan fingerprint density at radius 2 is 0.763 bits per heavy atom. The van der Waals surface area contributed by atoms with E-state index in [0.717, 1.165) is 33.4 Å². The summed E-state index contributed by atoms with van der Waals surface area (Å²) >= 11 is 0. The Bertz CT molecular complexity index is 2380. The van der Waals surface area contributed by atoms with Crippen LogP contribution in [-0.2, 0) is 51.2 Å². The molecular weight excluding hydrogens is 977 g/mol. The number of carboxylic acids is 2. The Morgan fingerprint density at radius 1 is 0.434 bits per heavy atom. The molecule has 0 heterocycles. The number of carbonyl (C=O) groups excluding carboxylic acids is 6. The molecule has 22 heteroatoms. The molecule has 0 aliphatic rings. The van der Waals surface area contributed by atoms with E-state index in [1.807, 2.05) is 109 Å². The van der Waals surface area contributed by atoms with E-state index in [0.29, 0.717) is 12.8 Å². The van der Waals surface area contributed by atoms with E-state index in [1.54, 1.807) is 0 Å². The number of amides is 6. The minimum atomic E-state index is -0.957. The molecule has 0 fully saturated rings. The first-order valence-electron chi connectivity index (χ1n) is 24.8. The highest BCUT2D eigenvalue weighted by Crippen LogP contribution is 2.21. The molecule has 0 aliphatic carbocycles. The fraction of sp³-hybridized carbons (Fsp3) is 0.370. The Morgan fingerprint density at radius 3 is 1.07 bits per heavy atom. The van der Waals surface area contributed by atoms with Gasteiger partial charge in [-0.1, -0.05) is 109 Å². The monoisotopic (exact) mass is 1050 g/mol. The van der Waals surface area contributed by atoms with E-state index in [9.17, 15) is 38.4 Å². The second-order valence-electron chi connectivity index (χ2n) is 17.6. The van der Waals surface area contributed by atoms with Crippen LogP contribution in [0, 0.1) is 0 Å². The maximum absolute atomic E-state index is 13.1. The number of aliphatic carboxylic acids is 2. The molecule has 0 spiro atoms. The second-order valence-corrected chi connectivity index (χ2v) is 17.6. The molecule has 0 saturated heterocycles. The Labute approximate surface area is 442 Å². The van der Waals surface area contributed by atoms with Gasteiger partial charge in [0.1, 0.15) is 24.2 Å². The summed E-state index contributed by atoms with van der Waals surface area (Å²) in [6.07, 6.45) is 2.14. The number of carboxylic acid groups (broad SMARTS) is 2. The van der Waals surface area contributed by atoms with Crippen LogP contribution in [0.4, 0.5) is 0 Å². The first-order valence-corrected chi connectivity index (χ1v) is 24.8. The molecule has 0 aromatic heterocycles. The van der Waals surface area contributed by atoms with Gasteiger partial charge >= 0.3 is 11.9 Å². The molecule has 4 aromatic rings. The van der Waals surface area contributed by atoms with Crippen molar-refractivity contribution in [1.29, 1.82) is 0 Å². The van der Waals surface area contributed by atoms with Gasteiger partial charge in [0, 0.05) is 65.7 Å². The standard InChI is InChI=1S/2C27H36N6O5/c2*1-18(34)32-22(9-5-16-31-27(28)29)26(38)33-23(25(37)30-15-6-10-24(35)36)17-19-11-13-21(14-12-19)20-7-3-2-4-8-20/h2*2-4,7-8,11-14,22-23H,5-6,9-10,15-17H2,1H3,(H,30,37)(H,32,34)(H,33,38)(H,35,36)(H4,28,29,31)/t2*22-,23-/m10/s1. The van der Waals surface area contributed by atoms with Gasteiger partial charge < -0.3 is 65.0 Å². The van der Waals surface area contributed by atoms with Crippen LogP contribution in [0.1, 0.15) is 76.3 Å². The van der Waals surface area contributed by atoms with E-state index in [-0.39, 0.29) is 89.5 Å². The van der Waals surface area contributed by atoms with Crippen molar-refractivity contribution in [3.63, 3.8) is 0 Å². The van der Waals surface area contributed by atoms with Crippen LogP contribution in [0.5, 0.6) is 0 Å². The van der Waals surface area contributed by atoms with E-state index < -0.39 is 71.5 Å². The molecule has 0 saturated carbocycles. The summed E-state index contributed by atoms with van der Waals surface area (Å²) in [5, 5.41) is 33.8. The smallest absolute Gasteiger partial charge is 0.303 e. The SMILES string of the molecule is CC(=O)N[C@@H](CCCN=C(N)N)C(=O)N[C@@H](Cc1ccc(-c2ccccc2)cc1)C(=O)NCCCC(=O)O.CC(=O)N[C@H](CCCN=C(N)N)C(=O)N[C@H](Cc1ccc(-c2ccccc2)cc1)C(=O)NCCCC(=O)O. The van der Waals surface area contributed by atoms with Gasteiger partial charge in [-0.2, -0.15) is 0 Å². The lowest BCUT2D eigenvalue weighted by molar-refractivity contribution is -0.138. The van der Waals surface area contributed by atoms with Gasteiger partial charge in [-0.25, -0.2) is 0 Å². The number of nitrogens with one attached hydrogen (secondary N) is 6. The fourth-order valence-corrected chi connectivity index (χ4v) is 7.55. The van der Waals surface area contributed by atoms with Gasteiger partial charge in [-0.3, -0.25) is 48.3 Å². The molecule has 4 aromatic carbocycles. The van der Waals surface area contributed by atoms with Crippen LogP contribution in [0.15, 0.2) is 119 Å². The fourth-order valence-electron chi connectivity index (χ4n) is 7.55. The molecule has 408 valence electrons. The summed E-state index contributed by atoms with van der Waals surface area (Å²) in [7, 11) is 0. The van der Waals surface area contributed by atoms with Crippen molar-refractivity contribution in [3.05, 3.63) is 120 Å². The number of hydrogen-bond acceptors (Lipinski definition) is 10. The van der Waals surface area contributed by atoms with Crippen LogP contribution in [-0.4, -0.2) is 120 Å². The number of benzene rings is 4. The molecule has 0 bridgehead atoms. The zero-order valence-electron chi connectivity index (χ0n) is 43.0. The molecule has 6 amide bonds. The number of hydrogen-bond donors (Lipinski definition) is 12. The number of guanidine groups is 2. The highest BCUT2D eigenvalue weighted by atomic mass is 16.4. The number of nitrogens with two attached hydrogens (primary N) is 4. The maximum atomic E-state index is 13.1. The average molecular weight is 1050 g/mol. The third-order valence-corrected chi connectivity index (χ3v) is 11.3. The van der Waals surface area contributed by atoms with E-state index in [4.69, 9.17) is 33.1 Å². The van der Waals surface area contributed by atoms with Crippen molar-refractivity contribution in [3.8, 4) is 22.3 Å². The molecule has 4 rings (SSSR count). The minimum Gasteiger partial charge on any atom is -0.481 e. The number of nitrogens with zero attached hydrogens (tertiary/aromatic N) is 2. The largest absolute Gasteiger partial charge is 0.481 e. The van der Waals surface area contributed by atoms with Gasteiger partial charge in [-0.15, -0.1) is 0 Å². The van der Waals surface area contributed by atoms with Crippen molar-refractivity contribution in [1.82, 2.24) is 31.9 Å². The Hall–Kier alpha value is -8.82. The second kappa shape index (κ2) is 33.8. The molecule has 16 N–H and O–H groups in total. The zero-order valence-corrected chi connectivity index (χ0v) is 43.0. The Balaban J connectivity index is 0.000000400. The van der Waals surface area contributed by atoms with Crippen LogP contribution in [0.2, 0.25) is 0 Å². The summed E-state index contributed by atoms with van der Waals surface area (Å²) < 4.78 is 0.